The minimum atomic E-state index is -0.0787. The fourth-order valence-corrected chi connectivity index (χ4v) is 1.79. The molecule has 0 atom stereocenters. The lowest BCUT2D eigenvalue weighted by atomic mass is 10.4. The van der Waals surface area contributed by atoms with E-state index in [1.807, 2.05) is 11.4 Å². The van der Waals surface area contributed by atoms with Gasteiger partial charge in [0.2, 0.25) is 0 Å². The number of hydrogen-bond acceptors (Lipinski definition) is 4. The summed E-state index contributed by atoms with van der Waals surface area (Å²) in [5, 5.41) is 5.37. The van der Waals surface area contributed by atoms with E-state index in [0.717, 1.165) is 0 Å². The summed E-state index contributed by atoms with van der Waals surface area (Å²) in [7, 11) is 1.73. The number of pyridine rings is 1. The highest BCUT2D eigenvalue weighted by atomic mass is 32.1. The molecule has 0 aromatic carbocycles. The Morgan fingerprint density at radius 1 is 1.57 bits per heavy atom. The highest BCUT2D eigenvalue weighted by Gasteiger charge is 2.04. The Balaban J connectivity index is 2.60. The molecule has 0 fully saturated rings. The maximum absolute atomic E-state index is 11.8. The van der Waals surface area contributed by atoms with E-state index in [0.29, 0.717) is 10.8 Å². The van der Waals surface area contributed by atoms with Gasteiger partial charge in [0.15, 0.2) is 5.13 Å². The summed E-state index contributed by atoms with van der Waals surface area (Å²) in [6, 6.07) is 3.56. The molecule has 0 spiro atoms. The molecule has 14 heavy (non-hydrogen) atoms. The second kappa shape index (κ2) is 3.63. The molecule has 0 aliphatic heterocycles. The van der Waals surface area contributed by atoms with E-state index in [-0.39, 0.29) is 5.56 Å². The molecule has 2 aromatic heterocycles. The number of hydrogen-bond donors (Lipinski definition) is 1. The first kappa shape index (κ1) is 8.96. The van der Waals surface area contributed by atoms with Gasteiger partial charge in [0, 0.05) is 24.8 Å². The quantitative estimate of drug-likeness (QED) is 0.808. The molecule has 0 saturated carbocycles. The molecule has 2 aromatic rings. The molecule has 2 rings (SSSR count). The van der Waals surface area contributed by atoms with E-state index in [1.54, 1.807) is 25.5 Å². The van der Waals surface area contributed by atoms with Gasteiger partial charge in [-0.2, -0.15) is 0 Å². The molecular weight excluding hydrogens is 198 g/mol. The summed E-state index contributed by atoms with van der Waals surface area (Å²) in [6.07, 6.45) is 3.39. The van der Waals surface area contributed by atoms with E-state index in [2.05, 4.69) is 10.3 Å². The number of nitrogens with zero attached hydrogens (tertiary/aromatic N) is 2. The van der Waals surface area contributed by atoms with Crippen LogP contribution in [-0.4, -0.2) is 16.6 Å². The van der Waals surface area contributed by atoms with Crippen molar-refractivity contribution in [1.82, 2.24) is 9.55 Å². The lowest BCUT2D eigenvalue weighted by molar-refractivity contribution is 0.973. The smallest absolute Gasteiger partial charge is 0.280 e. The van der Waals surface area contributed by atoms with Crippen LogP contribution in [-0.2, 0) is 0 Å². The molecule has 4 nitrogen and oxygen atoms in total. The van der Waals surface area contributed by atoms with Gasteiger partial charge in [0.25, 0.3) is 5.56 Å². The summed E-state index contributed by atoms with van der Waals surface area (Å²) >= 11 is 1.43. The summed E-state index contributed by atoms with van der Waals surface area (Å²) in [6.45, 7) is 0. The minimum Gasteiger partial charge on any atom is -0.384 e. The van der Waals surface area contributed by atoms with Crippen LogP contribution in [0.4, 0.5) is 5.69 Å². The van der Waals surface area contributed by atoms with E-state index in [4.69, 9.17) is 0 Å². The molecule has 0 radical (unpaired) electrons. The summed E-state index contributed by atoms with van der Waals surface area (Å²) in [4.78, 5) is 15.8. The third kappa shape index (κ3) is 1.42. The second-order valence-electron chi connectivity index (χ2n) is 2.66. The fourth-order valence-electron chi connectivity index (χ4n) is 1.17. The van der Waals surface area contributed by atoms with Crippen LogP contribution in [0.5, 0.6) is 0 Å². The molecule has 0 saturated heterocycles. The lowest BCUT2D eigenvalue weighted by Gasteiger charge is -2.03. The maximum Gasteiger partial charge on any atom is 0.280 e. The van der Waals surface area contributed by atoms with Crippen LogP contribution in [0.3, 0.4) is 0 Å². The van der Waals surface area contributed by atoms with Crippen molar-refractivity contribution < 1.29 is 0 Å². The SMILES string of the molecule is CNc1cccn(-c2nccs2)c1=O. The van der Waals surface area contributed by atoms with Crippen LogP contribution in [0.1, 0.15) is 0 Å². The molecular formula is C9H9N3OS. The zero-order valence-electron chi connectivity index (χ0n) is 7.60. The average molecular weight is 207 g/mol. The van der Waals surface area contributed by atoms with E-state index in [1.165, 1.54) is 15.9 Å². The van der Waals surface area contributed by atoms with Crippen LogP contribution >= 0.6 is 11.3 Å². The fraction of sp³-hybridized carbons (Fsp3) is 0.111. The molecule has 0 aliphatic rings. The Bertz CT molecular complexity index is 475. The van der Waals surface area contributed by atoms with E-state index < -0.39 is 0 Å². The Hall–Kier alpha value is -1.62. The first-order valence-electron chi connectivity index (χ1n) is 4.12. The molecule has 0 aliphatic carbocycles. The molecule has 2 heterocycles. The molecule has 0 amide bonds. The van der Waals surface area contributed by atoms with Crippen molar-refractivity contribution in [3.8, 4) is 5.13 Å². The molecule has 1 N–H and O–H groups in total. The van der Waals surface area contributed by atoms with Gasteiger partial charge in [-0.25, -0.2) is 4.98 Å². The first-order valence-corrected chi connectivity index (χ1v) is 5.00. The standard InChI is InChI=1S/C9H9N3OS/c1-10-7-3-2-5-12(8(7)13)9-11-4-6-14-9/h2-6,10H,1H3. The first-order chi connectivity index (χ1) is 6.83. The topological polar surface area (TPSA) is 46.9 Å². The van der Waals surface area contributed by atoms with Crippen LogP contribution in [0.25, 0.3) is 5.13 Å². The van der Waals surface area contributed by atoms with Crippen LogP contribution in [0, 0.1) is 0 Å². The summed E-state index contributed by atoms with van der Waals surface area (Å²) < 4.78 is 1.52. The van der Waals surface area contributed by atoms with Gasteiger partial charge in [0.05, 0.1) is 0 Å². The van der Waals surface area contributed by atoms with E-state index in [9.17, 15) is 4.79 Å². The van der Waals surface area contributed by atoms with Crippen molar-refractivity contribution in [3.63, 3.8) is 0 Å². The van der Waals surface area contributed by atoms with E-state index >= 15 is 0 Å². The average Bonchev–Trinajstić information content (AvgIpc) is 2.71. The molecule has 0 bridgehead atoms. The van der Waals surface area contributed by atoms with Crippen molar-refractivity contribution in [2.45, 2.75) is 0 Å². The Kier molecular flexibility index (Phi) is 2.32. The third-order valence-electron chi connectivity index (χ3n) is 1.84. The highest BCUT2D eigenvalue weighted by Crippen LogP contribution is 2.09. The summed E-state index contributed by atoms with van der Waals surface area (Å²) in [5.74, 6) is 0. The molecule has 72 valence electrons. The molecule has 5 heteroatoms. The van der Waals surface area contributed by atoms with Gasteiger partial charge in [0.1, 0.15) is 5.69 Å². The van der Waals surface area contributed by atoms with Gasteiger partial charge in [-0.3, -0.25) is 9.36 Å². The van der Waals surface area contributed by atoms with Crippen molar-refractivity contribution in [3.05, 3.63) is 40.3 Å². The summed E-state index contributed by atoms with van der Waals surface area (Å²) in [5.41, 5.74) is 0.493. The number of anilines is 1. The van der Waals surface area contributed by atoms with Crippen molar-refractivity contribution in [1.29, 1.82) is 0 Å². The highest BCUT2D eigenvalue weighted by molar-refractivity contribution is 7.12. The lowest BCUT2D eigenvalue weighted by Crippen LogP contribution is -2.19. The Labute approximate surface area is 84.9 Å². The number of aromatic nitrogens is 2. The van der Waals surface area contributed by atoms with Gasteiger partial charge < -0.3 is 5.32 Å². The monoisotopic (exact) mass is 207 g/mol. The Morgan fingerprint density at radius 2 is 2.43 bits per heavy atom. The maximum atomic E-state index is 11.8. The van der Waals surface area contributed by atoms with Crippen LogP contribution in [0.15, 0.2) is 34.7 Å². The zero-order valence-corrected chi connectivity index (χ0v) is 8.41. The largest absolute Gasteiger partial charge is 0.384 e. The minimum absolute atomic E-state index is 0.0787. The predicted octanol–water partition coefficient (Wildman–Crippen LogP) is 1.34. The van der Waals surface area contributed by atoms with Crippen LogP contribution < -0.4 is 10.9 Å². The van der Waals surface area contributed by atoms with Gasteiger partial charge in [-0.15, -0.1) is 11.3 Å². The van der Waals surface area contributed by atoms with Gasteiger partial charge in [-0.1, -0.05) is 0 Å². The van der Waals surface area contributed by atoms with Crippen molar-refractivity contribution >= 4 is 17.0 Å². The number of nitrogens with one attached hydrogen (secondary N) is 1. The van der Waals surface area contributed by atoms with Gasteiger partial charge in [-0.05, 0) is 12.1 Å². The van der Waals surface area contributed by atoms with Crippen molar-refractivity contribution in [2.75, 3.05) is 12.4 Å². The number of thiazole rings is 1. The number of rotatable bonds is 2. The second-order valence-corrected chi connectivity index (χ2v) is 3.53. The normalized spacial score (nSPS) is 10.1. The van der Waals surface area contributed by atoms with Crippen molar-refractivity contribution in [2.24, 2.45) is 0 Å². The van der Waals surface area contributed by atoms with Gasteiger partial charge >= 0.3 is 0 Å². The molecule has 0 unspecified atom stereocenters. The Morgan fingerprint density at radius 3 is 3.07 bits per heavy atom. The van der Waals surface area contributed by atoms with Crippen LogP contribution in [0.2, 0.25) is 0 Å². The predicted molar refractivity (Wildman–Crippen MR) is 57.3 cm³/mol. The third-order valence-corrected chi connectivity index (χ3v) is 2.61. The zero-order chi connectivity index (χ0) is 9.97.